The summed E-state index contributed by atoms with van der Waals surface area (Å²) in [6.45, 7) is 9.07. The SMILES string of the molecule is CC(C)c1nc2c3ccc(-c4cc5ccc6c(c5s4)OCc4[nH]c(C(C)C)nc4-6)cc3c3c[nH]ncc3c2n1. The Labute approximate surface area is 228 Å². The number of hydrogen-bond donors (Lipinski definition) is 2. The van der Waals surface area contributed by atoms with Gasteiger partial charge in [-0.05, 0) is 34.5 Å². The second-order valence-electron chi connectivity index (χ2n) is 10.9. The lowest BCUT2D eigenvalue weighted by Crippen LogP contribution is -2.05. The van der Waals surface area contributed by atoms with Gasteiger partial charge >= 0.3 is 0 Å². The molecule has 0 saturated carbocycles. The molecule has 0 unspecified atom stereocenters. The van der Waals surface area contributed by atoms with Crippen molar-refractivity contribution in [2.24, 2.45) is 0 Å². The van der Waals surface area contributed by atoms with Crippen molar-refractivity contribution >= 4 is 54.0 Å². The van der Waals surface area contributed by atoms with Gasteiger partial charge in [-0.3, -0.25) is 5.10 Å². The van der Waals surface area contributed by atoms with Gasteiger partial charge in [0.1, 0.15) is 29.5 Å². The van der Waals surface area contributed by atoms with Gasteiger partial charge in [0.05, 0.1) is 27.8 Å². The number of nitrogens with one attached hydrogen (secondary N) is 2. The highest BCUT2D eigenvalue weighted by atomic mass is 32.1. The van der Waals surface area contributed by atoms with E-state index >= 15 is 0 Å². The number of hydrogen-bond acceptors (Lipinski definition) is 6. The molecule has 0 atom stereocenters. The molecular weight excluding hydrogens is 504 g/mol. The van der Waals surface area contributed by atoms with Gasteiger partial charge in [0.15, 0.2) is 0 Å². The Morgan fingerprint density at radius 1 is 0.872 bits per heavy atom. The second-order valence-corrected chi connectivity index (χ2v) is 12.0. The van der Waals surface area contributed by atoms with Crippen LogP contribution in [0.15, 0.2) is 48.8 Å². The summed E-state index contributed by atoms with van der Waals surface area (Å²) in [5.41, 5.74) is 6.15. The van der Waals surface area contributed by atoms with Crippen molar-refractivity contribution < 1.29 is 4.74 Å². The molecule has 1 aliphatic rings. The summed E-state index contributed by atoms with van der Waals surface area (Å²) in [6, 6.07) is 13.2. The lowest BCUT2D eigenvalue weighted by molar-refractivity contribution is 0.302. The zero-order valence-corrected chi connectivity index (χ0v) is 22.9. The Kier molecular flexibility index (Phi) is 4.71. The Morgan fingerprint density at radius 3 is 2.54 bits per heavy atom. The highest BCUT2D eigenvalue weighted by molar-refractivity contribution is 7.22. The lowest BCUT2D eigenvalue weighted by atomic mass is 9.99. The maximum atomic E-state index is 6.32. The van der Waals surface area contributed by atoms with Crippen LogP contribution >= 0.6 is 11.3 Å². The molecule has 192 valence electrons. The number of H-pyrrole nitrogens is 2. The largest absolute Gasteiger partial charge is 0.485 e. The number of benzene rings is 3. The quantitative estimate of drug-likeness (QED) is 0.225. The van der Waals surface area contributed by atoms with Gasteiger partial charge in [-0.1, -0.05) is 45.9 Å². The normalized spacial score (nSPS) is 13.2. The minimum absolute atomic E-state index is 0.256. The van der Waals surface area contributed by atoms with Crippen LogP contribution in [-0.2, 0) is 6.61 Å². The van der Waals surface area contributed by atoms with Crippen LogP contribution < -0.4 is 4.74 Å². The predicted molar refractivity (Wildman–Crippen MR) is 158 cm³/mol. The van der Waals surface area contributed by atoms with Crippen LogP contribution in [0.5, 0.6) is 5.75 Å². The van der Waals surface area contributed by atoms with Crippen molar-refractivity contribution in [2.75, 3.05) is 0 Å². The standard InChI is InChI=1S/C31H26N6OS/c1-14(2)30-34-23-13-38-28-19(25(23)35-30)8-6-17-10-24(39-29(17)28)16-5-7-18-20(9-16)21-11-32-33-12-22(21)27-26(18)36-31(37-27)15(3)4/h5-12,14-15,32H,13H2,1-4H3,(H,34,35). The lowest BCUT2D eigenvalue weighted by Gasteiger charge is -2.17. The van der Waals surface area contributed by atoms with E-state index in [4.69, 9.17) is 19.7 Å². The van der Waals surface area contributed by atoms with Crippen LogP contribution in [0.2, 0.25) is 0 Å². The molecule has 39 heavy (non-hydrogen) atoms. The van der Waals surface area contributed by atoms with E-state index in [0.29, 0.717) is 12.5 Å². The molecule has 0 spiro atoms. The predicted octanol–water partition coefficient (Wildman–Crippen LogP) is 8.07. The van der Waals surface area contributed by atoms with E-state index in [1.165, 1.54) is 10.3 Å². The van der Waals surface area contributed by atoms with Crippen LogP contribution in [0.25, 0.3) is 64.4 Å². The average molecular weight is 531 g/mol. The molecule has 3 aromatic carbocycles. The third-order valence-electron chi connectivity index (χ3n) is 7.67. The van der Waals surface area contributed by atoms with Gasteiger partial charge < -0.3 is 9.72 Å². The molecule has 8 rings (SSSR count). The van der Waals surface area contributed by atoms with Crippen LogP contribution in [-0.4, -0.2) is 30.1 Å². The Morgan fingerprint density at radius 2 is 1.72 bits per heavy atom. The fraction of sp³-hybridized carbons (Fsp3) is 0.226. The third-order valence-corrected chi connectivity index (χ3v) is 8.86. The topological polar surface area (TPSA) is 92.4 Å². The molecule has 8 heteroatoms. The number of ether oxygens (including phenoxy) is 1. The van der Waals surface area contributed by atoms with Gasteiger partial charge in [0.25, 0.3) is 0 Å². The minimum Gasteiger partial charge on any atom is -0.485 e. The summed E-state index contributed by atoms with van der Waals surface area (Å²) in [5, 5.41) is 12.9. The number of thiophene rings is 1. The summed E-state index contributed by atoms with van der Waals surface area (Å²) < 4.78 is 7.47. The van der Waals surface area contributed by atoms with Crippen LogP contribution in [0, 0.1) is 0 Å². The number of fused-ring (bicyclic) bond motifs is 11. The molecule has 2 N–H and O–H groups in total. The average Bonchev–Trinajstić information content (AvgIpc) is 3.69. The van der Waals surface area contributed by atoms with Crippen LogP contribution in [0.4, 0.5) is 0 Å². The number of aromatic amines is 2. The summed E-state index contributed by atoms with van der Waals surface area (Å²) in [5.74, 6) is 3.39. The zero-order valence-electron chi connectivity index (χ0n) is 22.1. The Bertz CT molecular complexity index is 2100. The maximum absolute atomic E-state index is 6.32. The molecule has 0 saturated heterocycles. The molecule has 5 heterocycles. The Balaban J connectivity index is 1.31. The first kappa shape index (κ1) is 22.7. The van der Waals surface area contributed by atoms with E-state index in [1.54, 1.807) is 11.3 Å². The van der Waals surface area contributed by atoms with Crippen LogP contribution in [0.3, 0.4) is 0 Å². The van der Waals surface area contributed by atoms with E-state index in [1.807, 2.05) is 12.4 Å². The number of imidazole rings is 2. The molecule has 0 amide bonds. The molecule has 0 fully saturated rings. The molecule has 7 nitrogen and oxygen atoms in total. The molecule has 4 aromatic heterocycles. The number of rotatable bonds is 3. The number of nitrogens with zero attached hydrogens (tertiary/aromatic N) is 4. The van der Waals surface area contributed by atoms with Crippen molar-refractivity contribution in [1.29, 1.82) is 0 Å². The minimum atomic E-state index is 0.256. The number of aromatic nitrogens is 6. The molecule has 0 radical (unpaired) electrons. The summed E-state index contributed by atoms with van der Waals surface area (Å²) in [6.07, 6.45) is 3.83. The molecule has 7 aromatic rings. The van der Waals surface area contributed by atoms with Crippen molar-refractivity contribution in [1.82, 2.24) is 30.1 Å². The second kappa shape index (κ2) is 8.10. The molecule has 0 aliphatic carbocycles. The van der Waals surface area contributed by atoms with Gasteiger partial charge in [-0.15, -0.1) is 11.3 Å². The van der Waals surface area contributed by atoms with E-state index in [-0.39, 0.29) is 5.92 Å². The first-order chi connectivity index (χ1) is 19.0. The van der Waals surface area contributed by atoms with Crippen molar-refractivity contribution in [3.05, 3.63) is 66.1 Å². The van der Waals surface area contributed by atoms with Crippen molar-refractivity contribution in [3.63, 3.8) is 0 Å². The van der Waals surface area contributed by atoms with E-state index in [9.17, 15) is 0 Å². The van der Waals surface area contributed by atoms with Gasteiger partial charge in [0.2, 0.25) is 0 Å². The Hall–Kier alpha value is -4.30. The van der Waals surface area contributed by atoms with E-state index < -0.39 is 0 Å². The summed E-state index contributed by atoms with van der Waals surface area (Å²) in [7, 11) is 0. The summed E-state index contributed by atoms with van der Waals surface area (Å²) >= 11 is 1.77. The van der Waals surface area contributed by atoms with Crippen molar-refractivity contribution in [2.45, 2.75) is 46.1 Å². The van der Waals surface area contributed by atoms with Gasteiger partial charge in [-0.2, -0.15) is 5.10 Å². The third kappa shape index (κ3) is 3.27. The maximum Gasteiger partial charge on any atom is 0.147 e. The van der Waals surface area contributed by atoms with Crippen molar-refractivity contribution in [3.8, 4) is 27.4 Å². The first-order valence-electron chi connectivity index (χ1n) is 13.3. The fourth-order valence-electron chi connectivity index (χ4n) is 5.61. The summed E-state index contributed by atoms with van der Waals surface area (Å²) in [4.78, 5) is 19.4. The fourth-order valence-corrected chi connectivity index (χ4v) is 6.76. The first-order valence-corrected chi connectivity index (χ1v) is 14.1. The van der Waals surface area contributed by atoms with E-state index in [0.717, 1.165) is 77.2 Å². The van der Waals surface area contributed by atoms with Crippen LogP contribution in [0.1, 0.15) is 56.9 Å². The zero-order chi connectivity index (χ0) is 26.4. The smallest absolute Gasteiger partial charge is 0.147 e. The molecule has 1 aliphatic heterocycles. The monoisotopic (exact) mass is 530 g/mol. The van der Waals surface area contributed by atoms with Gasteiger partial charge in [-0.25, -0.2) is 15.0 Å². The van der Waals surface area contributed by atoms with Gasteiger partial charge in [0, 0.05) is 44.6 Å². The highest BCUT2D eigenvalue weighted by Crippen LogP contribution is 2.47. The molecular formula is C31H26N6OS. The highest BCUT2D eigenvalue weighted by Gasteiger charge is 2.25. The van der Waals surface area contributed by atoms with E-state index in [2.05, 4.69) is 79.3 Å². The molecule has 0 bridgehead atoms.